The third-order valence-corrected chi connectivity index (χ3v) is 3.75. The quantitative estimate of drug-likeness (QED) is 0.847. The van der Waals surface area contributed by atoms with Crippen LogP contribution in [0.15, 0.2) is 48.5 Å². The van der Waals surface area contributed by atoms with Crippen LogP contribution in [-0.4, -0.2) is 7.05 Å². The van der Waals surface area contributed by atoms with Crippen molar-refractivity contribution in [3.8, 4) is 11.5 Å². The van der Waals surface area contributed by atoms with E-state index in [0.29, 0.717) is 6.04 Å². The fourth-order valence-electron chi connectivity index (χ4n) is 2.17. The molecule has 0 amide bonds. The van der Waals surface area contributed by atoms with Gasteiger partial charge in [0.15, 0.2) is 0 Å². The topological polar surface area (TPSA) is 21.3 Å². The van der Waals surface area contributed by atoms with Gasteiger partial charge in [-0.1, -0.05) is 45.0 Å². The largest absolute Gasteiger partial charge is 0.457 e. The predicted octanol–water partition coefficient (Wildman–Crippen LogP) is 5.06. The summed E-state index contributed by atoms with van der Waals surface area (Å²) < 4.78 is 5.95. The molecule has 0 bridgehead atoms. The first-order valence-electron chi connectivity index (χ1n) is 7.46. The minimum Gasteiger partial charge on any atom is -0.457 e. The van der Waals surface area contributed by atoms with Crippen LogP contribution < -0.4 is 10.1 Å². The molecule has 21 heavy (non-hydrogen) atoms. The maximum atomic E-state index is 5.95. The average molecular weight is 283 g/mol. The highest BCUT2D eigenvalue weighted by Crippen LogP contribution is 2.28. The van der Waals surface area contributed by atoms with Gasteiger partial charge in [0.2, 0.25) is 0 Å². The van der Waals surface area contributed by atoms with Crippen molar-refractivity contribution in [1.29, 1.82) is 0 Å². The van der Waals surface area contributed by atoms with E-state index in [-0.39, 0.29) is 5.41 Å². The molecular weight excluding hydrogens is 258 g/mol. The Kier molecular flexibility index (Phi) is 4.69. The zero-order valence-corrected chi connectivity index (χ0v) is 13.6. The van der Waals surface area contributed by atoms with Crippen molar-refractivity contribution >= 4 is 0 Å². The fraction of sp³-hybridized carbons (Fsp3) is 0.368. The lowest BCUT2D eigenvalue weighted by Gasteiger charge is -2.19. The summed E-state index contributed by atoms with van der Waals surface area (Å²) in [5.74, 6) is 1.75. The lowest BCUT2D eigenvalue weighted by Crippen LogP contribution is -2.12. The Morgan fingerprint density at radius 3 is 2.19 bits per heavy atom. The van der Waals surface area contributed by atoms with Gasteiger partial charge in [-0.2, -0.15) is 0 Å². The van der Waals surface area contributed by atoms with Gasteiger partial charge in [-0.25, -0.2) is 0 Å². The van der Waals surface area contributed by atoms with Gasteiger partial charge in [-0.05, 0) is 54.8 Å². The van der Waals surface area contributed by atoms with Crippen LogP contribution in [0.25, 0.3) is 0 Å². The molecule has 2 aromatic rings. The Labute approximate surface area is 128 Å². The van der Waals surface area contributed by atoms with E-state index in [1.54, 1.807) is 0 Å². The molecule has 0 fully saturated rings. The van der Waals surface area contributed by atoms with Gasteiger partial charge in [0.25, 0.3) is 0 Å². The number of benzene rings is 2. The normalized spacial score (nSPS) is 13.0. The van der Waals surface area contributed by atoms with Crippen molar-refractivity contribution in [2.24, 2.45) is 0 Å². The summed E-state index contributed by atoms with van der Waals surface area (Å²) in [4.78, 5) is 0. The molecule has 0 spiro atoms. The van der Waals surface area contributed by atoms with E-state index in [1.165, 1.54) is 11.1 Å². The predicted molar refractivity (Wildman–Crippen MR) is 89.1 cm³/mol. The van der Waals surface area contributed by atoms with Crippen LogP contribution in [0.2, 0.25) is 0 Å². The monoisotopic (exact) mass is 283 g/mol. The van der Waals surface area contributed by atoms with Crippen molar-refractivity contribution in [1.82, 2.24) is 5.32 Å². The van der Waals surface area contributed by atoms with E-state index in [0.717, 1.165) is 11.5 Å². The minimum absolute atomic E-state index is 0.167. The van der Waals surface area contributed by atoms with Gasteiger partial charge in [-0.3, -0.25) is 0 Å². The van der Waals surface area contributed by atoms with Crippen LogP contribution >= 0.6 is 0 Å². The Bertz CT molecular complexity index is 581. The molecule has 2 nitrogen and oxygen atoms in total. The first-order valence-corrected chi connectivity index (χ1v) is 7.46. The lowest BCUT2D eigenvalue weighted by molar-refractivity contribution is 0.479. The molecule has 0 aliphatic heterocycles. The molecular formula is C19H25NO. The van der Waals surface area contributed by atoms with Crippen molar-refractivity contribution in [3.63, 3.8) is 0 Å². The Morgan fingerprint density at radius 1 is 0.952 bits per heavy atom. The average Bonchev–Trinajstić information content (AvgIpc) is 2.46. The van der Waals surface area contributed by atoms with Gasteiger partial charge in [-0.15, -0.1) is 0 Å². The molecule has 0 aliphatic rings. The van der Waals surface area contributed by atoms with Crippen molar-refractivity contribution in [2.75, 3.05) is 7.05 Å². The first-order chi connectivity index (χ1) is 9.90. The van der Waals surface area contributed by atoms with Gasteiger partial charge >= 0.3 is 0 Å². The molecule has 0 heterocycles. The summed E-state index contributed by atoms with van der Waals surface area (Å²) in [6.45, 7) is 8.78. The number of ether oxygens (including phenoxy) is 1. The van der Waals surface area contributed by atoms with Crippen molar-refractivity contribution in [3.05, 3.63) is 59.7 Å². The number of nitrogens with one attached hydrogen (secondary N) is 1. The third kappa shape index (κ3) is 4.08. The van der Waals surface area contributed by atoms with Gasteiger partial charge in [0.1, 0.15) is 11.5 Å². The zero-order chi connectivity index (χ0) is 15.5. The van der Waals surface area contributed by atoms with Crippen LogP contribution in [0.5, 0.6) is 11.5 Å². The van der Waals surface area contributed by atoms with E-state index in [4.69, 9.17) is 4.74 Å². The minimum atomic E-state index is 0.167. The molecule has 1 unspecified atom stereocenters. The summed E-state index contributed by atoms with van der Waals surface area (Å²) in [7, 11) is 1.96. The molecule has 0 saturated carbocycles. The van der Waals surface area contributed by atoms with E-state index in [1.807, 2.05) is 31.3 Å². The summed E-state index contributed by atoms with van der Waals surface area (Å²) in [6.07, 6.45) is 0. The number of hydrogen-bond acceptors (Lipinski definition) is 2. The van der Waals surface area contributed by atoms with Crippen LogP contribution in [-0.2, 0) is 5.41 Å². The smallest absolute Gasteiger partial charge is 0.127 e. The third-order valence-electron chi connectivity index (χ3n) is 3.75. The molecule has 1 N–H and O–H groups in total. The maximum Gasteiger partial charge on any atom is 0.127 e. The van der Waals surface area contributed by atoms with Crippen LogP contribution in [0.1, 0.15) is 44.9 Å². The van der Waals surface area contributed by atoms with E-state index < -0.39 is 0 Å². The molecule has 0 aromatic heterocycles. The van der Waals surface area contributed by atoms with Gasteiger partial charge < -0.3 is 10.1 Å². The fourth-order valence-corrected chi connectivity index (χ4v) is 2.17. The zero-order valence-electron chi connectivity index (χ0n) is 13.6. The molecule has 2 heteroatoms. The number of rotatable bonds is 4. The molecule has 0 saturated heterocycles. The standard InChI is InChI=1S/C19H25NO/c1-14(20-5)15-7-6-8-18(13-15)21-17-11-9-16(10-12-17)19(2,3)4/h6-14,20H,1-5H3. The summed E-state index contributed by atoms with van der Waals surface area (Å²) >= 11 is 0. The van der Waals surface area contributed by atoms with Crippen LogP contribution in [0, 0.1) is 0 Å². The molecule has 2 rings (SSSR count). The summed E-state index contributed by atoms with van der Waals surface area (Å²) in [5, 5.41) is 3.24. The Hall–Kier alpha value is -1.80. The van der Waals surface area contributed by atoms with Gasteiger partial charge in [0, 0.05) is 6.04 Å². The highest BCUT2D eigenvalue weighted by atomic mass is 16.5. The van der Waals surface area contributed by atoms with E-state index in [9.17, 15) is 0 Å². The highest BCUT2D eigenvalue weighted by Gasteiger charge is 2.13. The van der Waals surface area contributed by atoms with E-state index in [2.05, 4.69) is 57.3 Å². The molecule has 2 aromatic carbocycles. The first kappa shape index (κ1) is 15.6. The number of hydrogen-bond donors (Lipinski definition) is 1. The second-order valence-corrected chi connectivity index (χ2v) is 6.46. The second-order valence-electron chi connectivity index (χ2n) is 6.46. The summed E-state index contributed by atoms with van der Waals surface area (Å²) in [6, 6.07) is 16.9. The van der Waals surface area contributed by atoms with Crippen molar-refractivity contribution in [2.45, 2.75) is 39.2 Å². The van der Waals surface area contributed by atoms with Crippen molar-refractivity contribution < 1.29 is 4.74 Å². The Morgan fingerprint density at radius 2 is 1.62 bits per heavy atom. The molecule has 0 aliphatic carbocycles. The van der Waals surface area contributed by atoms with E-state index >= 15 is 0 Å². The molecule has 0 radical (unpaired) electrons. The second kappa shape index (κ2) is 6.31. The molecule has 112 valence electrons. The Balaban J connectivity index is 2.15. The van der Waals surface area contributed by atoms with Gasteiger partial charge in [0.05, 0.1) is 0 Å². The highest BCUT2D eigenvalue weighted by molar-refractivity contribution is 5.37. The van der Waals surface area contributed by atoms with Crippen LogP contribution in [0.3, 0.4) is 0 Å². The maximum absolute atomic E-state index is 5.95. The lowest BCUT2D eigenvalue weighted by atomic mass is 9.87. The molecule has 1 atom stereocenters. The van der Waals surface area contributed by atoms with Crippen LogP contribution in [0.4, 0.5) is 0 Å². The SMILES string of the molecule is CNC(C)c1cccc(Oc2ccc(C(C)(C)C)cc2)c1. The summed E-state index contributed by atoms with van der Waals surface area (Å²) in [5.41, 5.74) is 2.70.